The third kappa shape index (κ3) is 2.69. The zero-order valence-corrected chi connectivity index (χ0v) is 12.7. The molecule has 2 rings (SSSR count). The summed E-state index contributed by atoms with van der Waals surface area (Å²) in [5, 5.41) is 5.46. The Kier molecular flexibility index (Phi) is 4.28. The highest BCUT2D eigenvalue weighted by Gasteiger charge is 2.17. The molecule has 0 amide bonds. The Morgan fingerprint density at radius 2 is 1.94 bits per heavy atom. The maximum absolute atomic E-state index is 6.06. The molecule has 0 aliphatic rings. The maximum Gasteiger partial charge on any atom is 0.115 e. The van der Waals surface area contributed by atoms with Crippen LogP contribution in [0.3, 0.4) is 0 Å². The number of aromatic nitrogens is 1. The van der Waals surface area contributed by atoms with Gasteiger partial charge in [-0.2, -0.15) is 0 Å². The van der Waals surface area contributed by atoms with E-state index in [0.717, 1.165) is 16.3 Å². The summed E-state index contributed by atoms with van der Waals surface area (Å²) >= 11 is 13.7. The summed E-state index contributed by atoms with van der Waals surface area (Å²) in [5.41, 5.74) is 2.15. The van der Waals surface area contributed by atoms with E-state index >= 15 is 0 Å². The van der Waals surface area contributed by atoms with Crippen molar-refractivity contribution in [3.05, 3.63) is 49.4 Å². The van der Waals surface area contributed by atoms with Crippen LogP contribution < -0.4 is 5.32 Å². The van der Waals surface area contributed by atoms with Crippen molar-refractivity contribution in [1.29, 1.82) is 0 Å². The summed E-state index contributed by atoms with van der Waals surface area (Å²) in [6.07, 6.45) is 0. The normalized spacial score (nSPS) is 12.7. The number of benzene rings is 1. The number of aryl methyl sites for hydroxylation is 2. The van der Waals surface area contributed by atoms with Crippen molar-refractivity contribution in [2.45, 2.75) is 19.9 Å². The van der Waals surface area contributed by atoms with Crippen LogP contribution in [0.2, 0.25) is 10.0 Å². The van der Waals surface area contributed by atoms with Crippen LogP contribution in [0.1, 0.15) is 27.2 Å². The van der Waals surface area contributed by atoms with Crippen LogP contribution in [-0.2, 0) is 0 Å². The molecule has 1 heterocycles. The molecular formula is C13H14Cl2N2S. The van der Waals surface area contributed by atoms with Crippen LogP contribution >= 0.6 is 34.5 Å². The lowest BCUT2D eigenvalue weighted by atomic mass is 10.1. The third-order valence-corrected chi connectivity index (χ3v) is 4.73. The number of hydrogen-bond donors (Lipinski definition) is 1. The van der Waals surface area contributed by atoms with Crippen molar-refractivity contribution in [3.8, 4) is 0 Å². The molecule has 1 aromatic carbocycles. The lowest BCUT2D eigenvalue weighted by molar-refractivity contribution is 0.685. The molecule has 0 spiro atoms. The smallest absolute Gasteiger partial charge is 0.115 e. The van der Waals surface area contributed by atoms with Gasteiger partial charge >= 0.3 is 0 Å². The van der Waals surface area contributed by atoms with E-state index in [9.17, 15) is 0 Å². The van der Waals surface area contributed by atoms with E-state index in [1.54, 1.807) is 11.3 Å². The van der Waals surface area contributed by atoms with Gasteiger partial charge < -0.3 is 5.32 Å². The minimum absolute atomic E-state index is 0.0529. The molecule has 0 fully saturated rings. The quantitative estimate of drug-likeness (QED) is 0.910. The van der Waals surface area contributed by atoms with Gasteiger partial charge in [0.25, 0.3) is 0 Å². The summed E-state index contributed by atoms with van der Waals surface area (Å²) in [5.74, 6) is 0. The van der Waals surface area contributed by atoms with Crippen LogP contribution in [-0.4, -0.2) is 12.0 Å². The van der Waals surface area contributed by atoms with Crippen molar-refractivity contribution < 1.29 is 0 Å². The van der Waals surface area contributed by atoms with Crippen LogP contribution in [0, 0.1) is 13.8 Å². The highest BCUT2D eigenvalue weighted by Crippen LogP contribution is 2.31. The standard InChI is InChI=1S/C13H14Cl2N2S/c1-7-8(2)18-13(17-7)12(16-3)9-4-5-10(14)11(15)6-9/h4-6,12,16H,1-3H3. The number of rotatable bonds is 3. The second-order valence-electron chi connectivity index (χ2n) is 4.09. The Hall–Kier alpha value is -0.610. The monoisotopic (exact) mass is 300 g/mol. The fourth-order valence-electron chi connectivity index (χ4n) is 1.75. The van der Waals surface area contributed by atoms with E-state index in [2.05, 4.69) is 17.2 Å². The van der Waals surface area contributed by atoms with E-state index in [4.69, 9.17) is 23.2 Å². The Balaban J connectivity index is 2.41. The Labute approximate surface area is 121 Å². The Bertz CT molecular complexity index is 547. The summed E-state index contributed by atoms with van der Waals surface area (Å²) in [7, 11) is 1.92. The minimum atomic E-state index is 0.0529. The molecule has 18 heavy (non-hydrogen) atoms. The van der Waals surface area contributed by atoms with Gasteiger partial charge in [0.2, 0.25) is 0 Å². The van der Waals surface area contributed by atoms with Gasteiger partial charge in [-0.15, -0.1) is 11.3 Å². The van der Waals surface area contributed by atoms with Gasteiger partial charge in [0.1, 0.15) is 5.01 Å². The minimum Gasteiger partial charge on any atom is -0.307 e. The lowest BCUT2D eigenvalue weighted by Crippen LogP contribution is -2.17. The first-order valence-electron chi connectivity index (χ1n) is 5.59. The molecule has 5 heteroatoms. The maximum atomic E-state index is 6.06. The molecule has 0 saturated heterocycles. The summed E-state index contributed by atoms with van der Waals surface area (Å²) in [6.45, 7) is 4.11. The SMILES string of the molecule is CNC(c1ccc(Cl)c(Cl)c1)c1nc(C)c(C)s1. The molecule has 1 N–H and O–H groups in total. The predicted octanol–water partition coefficient (Wildman–Crippen LogP) is 4.38. The molecule has 0 bridgehead atoms. The first-order chi connectivity index (χ1) is 8.52. The number of halogens is 2. The second kappa shape index (κ2) is 5.57. The summed E-state index contributed by atoms with van der Waals surface area (Å²) in [6, 6.07) is 5.73. The number of nitrogens with zero attached hydrogens (tertiary/aromatic N) is 1. The van der Waals surface area contributed by atoms with Gasteiger partial charge in [0.15, 0.2) is 0 Å². The lowest BCUT2D eigenvalue weighted by Gasteiger charge is -2.14. The van der Waals surface area contributed by atoms with E-state index in [-0.39, 0.29) is 6.04 Å². The van der Waals surface area contributed by atoms with Crippen molar-refractivity contribution in [2.75, 3.05) is 7.05 Å². The predicted molar refractivity (Wildman–Crippen MR) is 79.0 cm³/mol. The third-order valence-electron chi connectivity index (χ3n) is 2.86. The molecule has 0 aliphatic carbocycles. The van der Waals surface area contributed by atoms with Crippen molar-refractivity contribution in [1.82, 2.24) is 10.3 Å². The zero-order valence-electron chi connectivity index (χ0n) is 10.4. The number of hydrogen-bond acceptors (Lipinski definition) is 3. The summed E-state index contributed by atoms with van der Waals surface area (Å²) < 4.78 is 0. The zero-order chi connectivity index (χ0) is 13.3. The molecule has 0 saturated carbocycles. The molecule has 96 valence electrons. The topological polar surface area (TPSA) is 24.9 Å². The summed E-state index contributed by atoms with van der Waals surface area (Å²) in [4.78, 5) is 5.83. The van der Waals surface area contributed by atoms with Crippen LogP contribution in [0.5, 0.6) is 0 Å². The first-order valence-corrected chi connectivity index (χ1v) is 7.16. The van der Waals surface area contributed by atoms with Crippen LogP contribution in [0.15, 0.2) is 18.2 Å². The fourth-order valence-corrected chi connectivity index (χ4v) is 3.11. The van der Waals surface area contributed by atoms with Gasteiger partial charge in [0.05, 0.1) is 21.8 Å². The molecule has 1 atom stereocenters. The van der Waals surface area contributed by atoms with Gasteiger partial charge in [-0.05, 0) is 38.6 Å². The van der Waals surface area contributed by atoms with E-state index in [1.807, 2.05) is 32.2 Å². The molecule has 1 unspecified atom stereocenters. The highest BCUT2D eigenvalue weighted by molar-refractivity contribution is 7.11. The van der Waals surface area contributed by atoms with Crippen LogP contribution in [0.4, 0.5) is 0 Å². The molecule has 1 aromatic heterocycles. The highest BCUT2D eigenvalue weighted by atomic mass is 35.5. The Morgan fingerprint density at radius 3 is 2.44 bits per heavy atom. The number of thiazole rings is 1. The number of nitrogens with one attached hydrogen (secondary N) is 1. The Morgan fingerprint density at radius 1 is 1.22 bits per heavy atom. The average molecular weight is 301 g/mol. The van der Waals surface area contributed by atoms with E-state index < -0.39 is 0 Å². The molecule has 2 aromatic rings. The van der Waals surface area contributed by atoms with E-state index in [0.29, 0.717) is 10.0 Å². The molecule has 0 radical (unpaired) electrons. The van der Waals surface area contributed by atoms with Gasteiger partial charge in [0, 0.05) is 4.88 Å². The van der Waals surface area contributed by atoms with Gasteiger partial charge in [-0.1, -0.05) is 29.3 Å². The van der Waals surface area contributed by atoms with Gasteiger partial charge in [-0.3, -0.25) is 0 Å². The van der Waals surface area contributed by atoms with Crippen molar-refractivity contribution >= 4 is 34.5 Å². The van der Waals surface area contributed by atoms with Gasteiger partial charge in [-0.25, -0.2) is 4.98 Å². The van der Waals surface area contributed by atoms with Crippen molar-refractivity contribution in [2.24, 2.45) is 0 Å². The second-order valence-corrected chi connectivity index (χ2v) is 6.14. The fraction of sp³-hybridized carbons (Fsp3) is 0.308. The molecular weight excluding hydrogens is 287 g/mol. The van der Waals surface area contributed by atoms with E-state index in [1.165, 1.54) is 4.88 Å². The molecule has 0 aliphatic heterocycles. The first kappa shape index (κ1) is 13.8. The molecule has 2 nitrogen and oxygen atoms in total. The largest absolute Gasteiger partial charge is 0.307 e. The average Bonchev–Trinajstić information content (AvgIpc) is 2.65. The van der Waals surface area contributed by atoms with Crippen LogP contribution in [0.25, 0.3) is 0 Å². The van der Waals surface area contributed by atoms with Crippen molar-refractivity contribution in [3.63, 3.8) is 0 Å².